The second-order valence-corrected chi connectivity index (χ2v) is 6.73. The number of hydrogen-bond donors (Lipinski definition) is 1. The van der Waals surface area contributed by atoms with Crippen molar-refractivity contribution in [3.05, 3.63) is 41.7 Å². The van der Waals surface area contributed by atoms with E-state index in [-0.39, 0.29) is 11.8 Å². The summed E-state index contributed by atoms with van der Waals surface area (Å²) in [5.74, 6) is 0.547. The topological polar surface area (TPSA) is 62.3 Å². The van der Waals surface area contributed by atoms with Crippen molar-refractivity contribution in [1.29, 1.82) is 0 Å². The molecule has 0 bridgehead atoms. The van der Waals surface area contributed by atoms with Crippen molar-refractivity contribution >= 4 is 11.8 Å². The van der Waals surface area contributed by atoms with Crippen LogP contribution in [0.1, 0.15) is 48.9 Å². The van der Waals surface area contributed by atoms with Crippen molar-refractivity contribution in [3.63, 3.8) is 0 Å². The summed E-state index contributed by atoms with van der Waals surface area (Å²) in [5, 5.41) is 3.03. The molecule has 24 heavy (non-hydrogen) atoms. The normalized spacial score (nSPS) is 18.5. The molecule has 1 saturated carbocycles. The molecular formula is C19H25N3O2. The summed E-state index contributed by atoms with van der Waals surface area (Å²) in [6.45, 7) is 2.20. The van der Waals surface area contributed by atoms with E-state index in [4.69, 9.17) is 0 Å². The van der Waals surface area contributed by atoms with Gasteiger partial charge in [0.25, 0.3) is 5.91 Å². The van der Waals surface area contributed by atoms with Gasteiger partial charge in [-0.15, -0.1) is 0 Å². The van der Waals surface area contributed by atoms with Crippen LogP contribution in [0.15, 0.2) is 36.2 Å². The van der Waals surface area contributed by atoms with Gasteiger partial charge >= 0.3 is 0 Å². The van der Waals surface area contributed by atoms with Gasteiger partial charge in [0.1, 0.15) is 0 Å². The van der Waals surface area contributed by atoms with Crippen LogP contribution in [-0.4, -0.2) is 41.3 Å². The molecule has 1 aromatic heterocycles. The van der Waals surface area contributed by atoms with Crippen LogP contribution in [0.3, 0.4) is 0 Å². The van der Waals surface area contributed by atoms with E-state index in [1.54, 1.807) is 30.6 Å². The highest BCUT2D eigenvalue weighted by molar-refractivity contribution is 5.93. The number of carbonyl (C=O) groups excluding carboxylic acids is 2. The number of aromatic nitrogens is 1. The lowest BCUT2D eigenvalue weighted by molar-refractivity contribution is -0.116. The molecule has 128 valence electrons. The molecule has 3 rings (SSSR count). The first kappa shape index (κ1) is 16.7. The molecule has 5 nitrogen and oxygen atoms in total. The Kier molecular flexibility index (Phi) is 5.62. The van der Waals surface area contributed by atoms with Crippen molar-refractivity contribution in [3.8, 4) is 0 Å². The molecule has 0 atom stereocenters. The van der Waals surface area contributed by atoms with Crippen molar-refractivity contribution in [2.45, 2.75) is 38.5 Å². The average Bonchev–Trinajstić information content (AvgIpc) is 3.13. The van der Waals surface area contributed by atoms with E-state index >= 15 is 0 Å². The number of nitrogens with zero attached hydrogens (tertiary/aromatic N) is 2. The highest BCUT2D eigenvalue weighted by Crippen LogP contribution is 2.23. The van der Waals surface area contributed by atoms with E-state index in [1.165, 1.54) is 18.4 Å². The lowest BCUT2D eigenvalue weighted by Gasteiger charge is -2.32. The molecule has 2 heterocycles. The highest BCUT2D eigenvalue weighted by atomic mass is 16.2. The molecule has 2 aliphatic rings. The minimum Gasteiger partial charge on any atom is -0.352 e. The first-order valence-corrected chi connectivity index (χ1v) is 8.89. The first-order chi connectivity index (χ1) is 11.7. The molecule has 0 aromatic carbocycles. The maximum Gasteiger partial charge on any atom is 0.255 e. The molecule has 1 N–H and O–H groups in total. The Bertz CT molecular complexity index is 596. The predicted octanol–water partition coefficient (Wildman–Crippen LogP) is 2.55. The summed E-state index contributed by atoms with van der Waals surface area (Å²) < 4.78 is 0. The zero-order chi connectivity index (χ0) is 16.8. The van der Waals surface area contributed by atoms with Crippen LogP contribution in [-0.2, 0) is 4.79 Å². The summed E-state index contributed by atoms with van der Waals surface area (Å²) in [5.41, 5.74) is 1.93. The number of rotatable bonds is 4. The van der Waals surface area contributed by atoms with Gasteiger partial charge in [-0.3, -0.25) is 14.6 Å². The molecule has 0 radical (unpaired) electrons. The van der Waals surface area contributed by atoms with Crippen LogP contribution in [0.5, 0.6) is 0 Å². The molecular weight excluding hydrogens is 302 g/mol. The molecule has 0 spiro atoms. The van der Waals surface area contributed by atoms with E-state index < -0.39 is 0 Å². The molecule has 0 unspecified atom stereocenters. The van der Waals surface area contributed by atoms with Crippen molar-refractivity contribution in [1.82, 2.24) is 15.2 Å². The number of nitrogens with one attached hydrogen (secondary N) is 1. The fraction of sp³-hybridized carbons (Fsp3) is 0.526. The largest absolute Gasteiger partial charge is 0.352 e. The van der Waals surface area contributed by atoms with E-state index in [9.17, 15) is 9.59 Å². The Labute approximate surface area is 143 Å². The fourth-order valence-electron chi connectivity index (χ4n) is 3.47. The lowest BCUT2D eigenvalue weighted by Crippen LogP contribution is -2.41. The van der Waals surface area contributed by atoms with E-state index in [1.807, 2.05) is 4.90 Å². The molecule has 2 amide bonds. The third-order valence-electron chi connectivity index (χ3n) is 4.96. The Morgan fingerprint density at radius 2 is 2.00 bits per heavy atom. The van der Waals surface area contributed by atoms with Gasteiger partial charge in [-0.2, -0.15) is 0 Å². The Hall–Kier alpha value is -2.17. The van der Waals surface area contributed by atoms with Crippen LogP contribution < -0.4 is 5.32 Å². The Balaban J connectivity index is 1.41. The molecule has 5 heteroatoms. The quantitative estimate of drug-likeness (QED) is 0.865. The van der Waals surface area contributed by atoms with Crippen molar-refractivity contribution in [2.24, 2.45) is 5.92 Å². The Morgan fingerprint density at radius 3 is 2.67 bits per heavy atom. The minimum absolute atomic E-state index is 0.0424. The lowest BCUT2D eigenvalue weighted by atomic mass is 9.96. The second kappa shape index (κ2) is 8.08. The van der Waals surface area contributed by atoms with E-state index in [0.717, 1.165) is 38.8 Å². The SMILES string of the molecule is O=C(C=C1CCCC1)NCC1CCN(C(=O)c2cccnc2)CC1. The predicted molar refractivity (Wildman–Crippen MR) is 92.4 cm³/mol. The summed E-state index contributed by atoms with van der Waals surface area (Å²) in [6.07, 6.45) is 11.5. The molecule has 1 saturated heterocycles. The standard InChI is InChI=1S/C19H25N3O2/c23-18(12-15-4-1-2-5-15)21-13-16-7-10-22(11-8-16)19(24)17-6-3-9-20-14-17/h3,6,9,12,14,16H,1-2,4-5,7-8,10-11,13H2,(H,21,23). The number of allylic oxidation sites excluding steroid dienone is 1. The molecule has 1 aromatic rings. The van der Waals surface area contributed by atoms with Gasteiger partial charge in [0.2, 0.25) is 5.91 Å². The van der Waals surface area contributed by atoms with Crippen LogP contribution in [0.2, 0.25) is 0 Å². The maximum absolute atomic E-state index is 12.4. The van der Waals surface area contributed by atoms with Gasteiger partial charge in [0, 0.05) is 38.1 Å². The highest BCUT2D eigenvalue weighted by Gasteiger charge is 2.23. The fourth-order valence-corrected chi connectivity index (χ4v) is 3.47. The van der Waals surface area contributed by atoms with Crippen molar-refractivity contribution in [2.75, 3.05) is 19.6 Å². The third kappa shape index (κ3) is 4.43. The number of pyridine rings is 1. The van der Waals surface area contributed by atoms with E-state index in [2.05, 4.69) is 10.3 Å². The maximum atomic E-state index is 12.4. The Morgan fingerprint density at radius 1 is 1.25 bits per heavy atom. The number of hydrogen-bond acceptors (Lipinski definition) is 3. The van der Waals surface area contributed by atoms with Gasteiger partial charge in [0.05, 0.1) is 5.56 Å². The van der Waals surface area contributed by atoms with Gasteiger partial charge in [-0.05, 0) is 56.6 Å². The van der Waals surface area contributed by atoms with Gasteiger partial charge < -0.3 is 10.2 Å². The van der Waals surface area contributed by atoms with Crippen LogP contribution >= 0.6 is 0 Å². The third-order valence-corrected chi connectivity index (χ3v) is 4.96. The van der Waals surface area contributed by atoms with Gasteiger partial charge in [-0.1, -0.05) is 5.57 Å². The zero-order valence-electron chi connectivity index (χ0n) is 14.0. The average molecular weight is 327 g/mol. The summed E-state index contributed by atoms with van der Waals surface area (Å²) in [7, 11) is 0. The molecule has 1 aliphatic heterocycles. The second-order valence-electron chi connectivity index (χ2n) is 6.73. The van der Waals surface area contributed by atoms with E-state index in [0.29, 0.717) is 18.0 Å². The monoisotopic (exact) mass is 327 g/mol. The molecule has 1 aliphatic carbocycles. The first-order valence-electron chi connectivity index (χ1n) is 8.89. The van der Waals surface area contributed by atoms with Crippen LogP contribution in [0.4, 0.5) is 0 Å². The van der Waals surface area contributed by atoms with Crippen LogP contribution in [0.25, 0.3) is 0 Å². The zero-order valence-corrected chi connectivity index (χ0v) is 14.0. The minimum atomic E-state index is 0.0424. The van der Waals surface area contributed by atoms with Crippen molar-refractivity contribution < 1.29 is 9.59 Å². The van der Waals surface area contributed by atoms with Crippen LogP contribution in [0, 0.1) is 5.92 Å². The number of piperidine rings is 1. The number of carbonyl (C=O) groups is 2. The van der Waals surface area contributed by atoms with Gasteiger partial charge in [-0.25, -0.2) is 0 Å². The molecule has 2 fully saturated rings. The summed E-state index contributed by atoms with van der Waals surface area (Å²) >= 11 is 0. The number of likely N-dealkylation sites (tertiary alicyclic amines) is 1. The smallest absolute Gasteiger partial charge is 0.255 e. The number of amides is 2. The van der Waals surface area contributed by atoms with Gasteiger partial charge in [0.15, 0.2) is 0 Å². The summed E-state index contributed by atoms with van der Waals surface area (Å²) in [4.78, 5) is 30.2. The summed E-state index contributed by atoms with van der Waals surface area (Å²) in [6, 6.07) is 3.59.